The second-order valence-corrected chi connectivity index (χ2v) is 6.72. The normalized spacial score (nSPS) is 12.0. The molecule has 1 amide bonds. The lowest BCUT2D eigenvalue weighted by Crippen LogP contribution is -2.31. The number of hydrogen-bond acceptors (Lipinski definition) is 3. The van der Waals surface area contributed by atoms with Gasteiger partial charge in [0.05, 0.1) is 11.1 Å². The first-order valence-corrected chi connectivity index (χ1v) is 7.79. The second kappa shape index (κ2) is 6.86. The topological polar surface area (TPSA) is 65.3 Å². The maximum atomic E-state index is 13.3. The number of halogens is 3. The Kier molecular flexibility index (Phi) is 5.16. The number of carbonyl (C=O) groups is 1. The molecule has 0 radical (unpaired) electrons. The molecule has 0 aliphatic heterocycles. The van der Waals surface area contributed by atoms with Gasteiger partial charge in [-0.2, -0.15) is 17.9 Å². The van der Waals surface area contributed by atoms with Crippen molar-refractivity contribution in [2.45, 2.75) is 39.5 Å². The first kappa shape index (κ1) is 19.6. The van der Waals surface area contributed by atoms with Gasteiger partial charge in [0, 0.05) is 18.7 Å². The second-order valence-electron chi connectivity index (χ2n) is 6.72. The van der Waals surface area contributed by atoms with Crippen LogP contribution >= 0.6 is 0 Å². The summed E-state index contributed by atoms with van der Waals surface area (Å²) in [5.74, 6) is 0. The average molecular weight is 368 g/mol. The largest absolute Gasteiger partial charge is 0.618 e. The third-order valence-corrected chi connectivity index (χ3v) is 3.46. The van der Waals surface area contributed by atoms with Gasteiger partial charge in [-0.25, -0.2) is 4.79 Å². The Balaban J connectivity index is 2.35. The Bertz CT molecular complexity index is 810. The van der Waals surface area contributed by atoms with Gasteiger partial charge in [-0.1, -0.05) is 12.1 Å². The van der Waals surface area contributed by atoms with Gasteiger partial charge in [0.1, 0.15) is 5.60 Å². The molecule has 1 heterocycles. The van der Waals surface area contributed by atoms with Gasteiger partial charge in [-0.15, -0.1) is 0 Å². The predicted octanol–water partition coefficient (Wildman–Crippen LogP) is 4.66. The molecule has 0 aliphatic carbocycles. The van der Waals surface area contributed by atoms with E-state index in [4.69, 9.17) is 4.74 Å². The van der Waals surface area contributed by atoms with Gasteiger partial charge in [0.2, 0.25) is 0 Å². The smallest absolute Gasteiger partial charge is 0.417 e. The number of alkyl halides is 3. The molecule has 1 N–H and O–H groups in total. The van der Waals surface area contributed by atoms with Crippen LogP contribution in [0.15, 0.2) is 36.5 Å². The van der Waals surface area contributed by atoms with E-state index in [-0.39, 0.29) is 16.8 Å². The SMILES string of the molecule is Cc1c(-c2ccc(NC(=O)OC(C)(C)C)cc2)c(C(F)(F)F)cc[n+]1[O-]. The number of ether oxygens (including phenoxy) is 1. The number of benzene rings is 1. The van der Waals surface area contributed by atoms with E-state index in [0.29, 0.717) is 10.4 Å². The quantitative estimate of drug-likeness (QED) is 0.619. The van der Waals surface area contributed by atoms with Gasteiger partial charge in [-0.05, 0) is 38.5 Å². The highest BCUT2D eigenvalue weighted by Crippen LogP contribution is 2.38. The summed E-state index contributed by atoms with van der Waals surface area (Å²) in [5, 5.41) is 14.2. The van der Waals surface area contributed by atoms with Crippen LogP contribution in [-0.2, 0) is 10.9 Å². The molecule has 1 aromatic carbocycles. The average Bonchev–Trinajstić information content (AvgIpc) is 2.47. The number of carbonyl (C=O) groups excluding carboxylic acids is 1. The maximum absolute atomic E-state index is 13.3. The molecule has 0 fully saturated rings. The fourth-order valence-corrected chi connectivity index (χ4v) is 2.38. The molecule has 0 saturated heterocycles. The minimum absolute atomic E-state index is 0.0623. The fourth-order valence-electron chi connectivity index (χ4n) is 2.38. The molecule has 0 bridgehead atoms. The molecule has 2 aromatic rings. The Hall–Kier alpha value is -2.77. The van der Waals surface area contributed by atoms with E-state index < -0.39 is 23.4 Å². The fraction of sp³-hybridized carbons (Fsp3) is 0.333. The summed E-state index contributed by atoms with van der Waals surface area (Å²) in [5.41, 5.74) is -1.24. The molecular formula is C18H19F3N2O3. The van der Waals surface area contributed by atoms with Crippen LogP contribution in [0, 0.1) is 12.1 Å². The van der Waals surface area contributed by atoms with Crippen LogP contribution in [0.25, 0.3) is 11.1 Å². The van der Waals surface area contributed by atoms with Gasteiger partial charge >= 0.3 is 12.3 Å². The number of pyridine rings is 1. The maximum Gasteiger partial charge on any atom is 0.417 e. The van der Waals surface area contributed by atoms with Crippen LogP contribution in [0.1, 0.15) is 32.0 Å². The zero-order valence-corrected chi connectivity index (χ0v) is 14.8. The van der Waals surface area contributed by atoms with Crippen LogP contribution in [0.4, 0.5) is 23.7 Å². The molecule has 8 heteroatoms. The summed E-state index contributed by atoms with van der Waals surface area (Å²) in [6, 6.07) is 6.46. The van der Waals surface area contributed by atoms with Crippen LogP contribution in [0.5, 0.6) is 0 Å². The lowest BCUT2D eigenvalue weighted by Gasteiger charge is -2.19. The summed E-state index contributed by atoms with van der Waals surface area (Å²) in [6.07, 6.45) is -4.43. The number of rotatable bonds is 2. The summed E-state index contributed by atoms with van der Waals surface area (Å²) >= 11 is 0. The standard InChI is InChI=1S/C18H19F3N2O3/c1-11-15(14(18(19,20)21)9-10-23(11)25)12-5-7-13(8-6-12)22-16(24)26-17(2,3)4/h5-10H,1-4H3,(H,22,24). The van der Waals surface area contributed by atoms with E-state index in [0.717, 1.165) is 12.3 Å². The zero-order chi connectivity index (χ0) is 19.7. The Labute approximate surface area is 149 Å². The van der Waals surface area contributed by atoms with Crippen molar-refractivity contribution in [2.75, 3.05) is 5.32 Å². The molecular weight excluding hydrogens is 349 g/mol. The number of nitrogens with one attached hydrogen (secondary N) is 1. The van der Waals surface area contributed by atoms with Crippen molar-refractivity contribution in [1.29, 1.82) is 0 Å². The predicted molar refractivity (Wildman–Crippen MR) is 90.4 cm³/mol. The van der Waals surface area contributed by atoms with Crippen LogP contribution < -0.4 is 10.0 Å². The zero-order valence-electron chi connectivity index (χ0n) is 14.8. The van der Waals surface area contributed by atoms with Crippen molar-refractivity contribution in [3.8, 4) is 11.1 Å². The van der Waals surface area contributed by atoms with Crippen LogP contribution in [0.2, 0.25) is 0 Å². The molecule has 140 valence electrons. The number of nitrogens with zero attached hydrogens (tertiary/aromatic N) is 1. The van der Waals surface area contributed by atoms with E-state index in [1.54, 1.807) is 20.8 Å². The molecule has 5 nitrogen and oxygen atoms in total. The van der Waals surface area contributed by atoms with Crippen molar-refractivity contribution in [1.82, 2.24) is 0 Å². The monoisotopic (exact) mass is 368 g/mol. The Morgan fingerprint density at radius 2 is 1.69 bits per heavy atom. The molecule has 0 aliphatic rings. The minimum atomic E-state index is -4.60. The molecule has 26 heavy (non-hydrogen) atoms. The Morgan fingerprint density at radius 3 is 2.19 bits per heavy atom. The summed E-state index contributed by atoms with van der Waals surface area (Å²) in [4.78, 5) is 11.7. The first-order valence-electron chi connectivity index (χ1n) is 7.79. The number of anilines is 1. The van der Waals surface area contributed by atoms with E-state index in [1.807, 2.05) is 0 Å². The van der Waals surface area contributed by atoms with E-state index in [2.05, 4.69) is 5.32 Å². The molecule has 0 saturated carbocycles. The third kappa shape index (κ3) is 4.65. The summed E-state index contributed by atoms with van der Waals surface area (Å²) < 4.78 is 45.3. The van der Waals surface area contributed by atoms with Crippen molar-refractivity contribution in [3.63, 3.8) is 0 Å². The highest BCUT2D eigenvalue weighted by molar-refractivity contribution is 5.85. The minimum Gasteiger partial charge on any atom is -0.618 e. The lowest BCUT2D eigenvalue weighted by molar-refractivity contribution is -0.611. The molecule has 0 atom stereocenters. The number of hydrogen-bond donors (Lipinski definition) is 1. The van der Waals surface area contributed by atoms with Crippen molar-refractivity contribution in [2.24, 2.45) is 0 Å². The van der Waals surface area contributed by atoms with Gasteiger partial charge in [0.25, 0.3) is 0 Å². The van der Waals surface area contributed by atoms with E-state index in [9.17, 15) is 23.2 Å². The third-order valence-electron chi connectivity index (χ3n) is 3.46. The summed E-state index contributed by atoms with van der Waals surface area (Å²) in [7, 11) is 0. The van der Waals surface area contributed by atoms with E-state index in [1.165, 1.54) is 31.2 Å². The lowest BCUT2D eigenvalue weighted by atomic mass is 9.98. The molecule has 0 unspecified atom stereocenters. The van der Waals surface area contributed by atoms with Crippen molar-refractivity contribution < 1.29 is 27.4 Å². The number of aromatic nitrogens is 1. The van der Waals surface area contributed by atoms with Gasteiger partial charge < -0.3 is 9.94 Å². The number of amides is 1. The van der Waals surface area contributed by atoms with E-state index >= 15 is 0 Å². The molecule has 0 spiro atoms. The highest BCUT2D eigenvalue weighted by atomic mass is 19.4. The molecule has 1 aromatic heterocycles. The van der Waals surface area contributed by atoms with Gasteiger partial charge in [-0.3, -0.25) is 5.32 Å². The van der Waals surface area contributed by atoms with Crippen LogP contribution in [0.3, 0.4) is 0 Å². The highest BCUT2D eigenvalue weighted by Gasteiger charge is 2.36. The van der Waals surface area contributed by atoms with Crippen LogP contribution in [-0.4, -0.2) is 11.7 Å². The molecule has 2 rings (SSSR count). The van der Waals surface area contributed by atoms with Gasteiger partial charge in [0.15, 0.2) is 11.9 Å². The Morgan fingerprint density at radius 1 is 1.12 bits per heavy atom. The summed E-state index contributed by atoms with van der Waals surface area (Å²) in [6.45, 7) is 6.46. The van der Waals surface area contributed by atoms with Crippen molar-refractivity contribution in [3.05, 3.63) is 53.0 Å². The van der Waals surface area contributed by atoms with Crippen molar-refractivity contribution >= 4 is 11.8 Å². The first-order chi connectivity index (χ1) is 11.9.